The van der Waals surface area contributed by atoms with Crippen LogP contribution in [-0.2, 0) is 9.59 Å². The molecule has 0 spiro atoms. The molecule has 2 amide bonds. The van der Waals surface area contributed by atoms with Crippen LogP contribution in [0, 0.1) is 11.8 Å². The van der Waals surface area contributed by atoms with E-state index in [1.165, 1.54) is 24.8 Å². The van der Waals surface area contributed by atoms with Crippen LogP contribution in [-0.4, -0.2) is 51.9 Å². The number of nitrogens with zero attached hydrogens (tertiary/aromatic N) is 2. The number of carbonyl (C=O) groups is 2. The van der Waals surface area contributed by atoms with Crippen LogP contribution in [0.1, 0.15) is 50.0 Å². The Bertz CT molecular complexity index is 718. The van der Waals surface area contributed by atoms with Crippen LogP contribution in [0.5, 0.6) is 0 Å². The molecule has 4 aliphatic rings. The van der Waals surface area contributed by atoms with Crippen molar-refractivity contribution in [2.24, 2.45) is 11.8 Å². The number of thioether (sulfide) groups is 1. The van der Waals surface area contributed by atoms with Gasteiger partial charge in [0.25, 0.3) is 0 Å². The summed E-state index contributed by atoms with van der Waals surface area (Å²) in [6, 6.07) is 10.5. The molecule has 0 radical (unpaired) electrons. The highest BCUT2D eigenvalue weighted by atomic mass is 32.2. The number of amides is 2. The van der Waals surface area contributed by atoms with Gasteiger partial charge in [0, 0.05) is 24.3 Å². The van der Waals surface area contributed by atoms with Gasteiger partial charge in [-0.25, -0.2) is 0 Å². The molecule has 0 bridgehead atoms. The van der Waals surface area contributed by atoms with Crippen molar-refractivity contribution < 1.29 is 9.59 Å². The van der Waals surface area contributed by atoms with Crippen molar-refractivity contribution in [1.82, 2.24) is 9.80 Å². The van der Waals surface area contributed by atoms with E-state index in [0.29, 0.717) is 17.9 Å². The van der Waals surface area contributed by atoms with Crippen molar-refractivity contribution in [1.29, 1.82) is 0 Å². The van der Waals surface area contributed by atoms with Crippen molar-refractivity contribution in [2.45, 2.75) is 56.5 Å². The second-order valence-corrected chi connectivity index (χ2v) is 9.68. The second-order valence-electron chi connectivity index (χ2n) is 8.61. The molecule has 1 unspecified atom stereocenters. The predicted molar refractivity (Wildman–Crippen MR) is 107 cm³/mol. The molecule has 1 aromatic carbocycles. The summed E-state index contributed by atoms with van der Waals surface area (Å²) in [7, 11) is 0. The first kappa shape index (κ1) is 17.6. The summed E-state index contributed by atoms with van der Waals surface area (Å²) in [5.41, 5.74) is 1.27. The van der Waals surface area contributed by atoms with Gasteiger partial charge in [0.05, 0.1) is 5.88 Å². The average Bonchev–Trinajstić information content (AvgIpc) is 3.14. The van der Waals surface area contributed by atoms with Gasteiger partial charge >= 0.3 is 0 Å². The lowest BCUT2D eigenvalue weighted by atomic mass is 9.84. The highest BCUT2D eigenvalue weighted by molar-refractivity contribution is 7.99. The lowest BCUT2D eigenvalue weighted by molar-refractivity contribution is -0.145. The normalized spacial score (nSPS) is 35.2. The maximum absolute atomic E-state index is 13.5. The second kappa shape index (κ2) is 7.16. The quantitative estimate of drug-likeness (QED) is 0.801. The lowest BCUT2D eigenvalue weighted by Crippen LogP contribution is -2.50. The van der Waals surface area contributed by atoms with Crippen molar-refractivity contribution in [3.8, 4) is 0 Å². The molecule has 4 nitrogen and oxygen atoms in total. The summed E-state index contributed by atoms with van der Waals surface area (Å²) < 4.78 is 0. The van der Waals surface area contributed by atoms with Gasteiger partial charge in [-0.05, 0) is 43.1 Å². The Morgan fingerprint density at radius 3 is 2.59 bits per heavy atom. The molecule has 144 valence electrons. The summed E-state index contributed by atoms with van der Waals surface area (Å²) in [5, 5.41) is 0. The number of hydrogen-bond acceptors (Lipinski definition) is 3. The Morgan fingerprint density at radius 2 is 1.81 bits per heavy atom. The van der Waals surface area contributed by atoms with Crippen LogP contribution in [0.25, 0.3) is 0 Å². The molecule has 5 heteroatoms. The van der Waals surface area contributed by atoms with E-state index < -0.39 is 0 Å². The van der Waals surface area contributed by atoms with Crippen LogP contribution < -0.4 is 0 Å². The molecule has 2 heterocycles. The molecule has 5 rings (SSSR count). The number of fused-ring (bicyclic) bond motifs is 1. The Kier molecular flexibility index (Phi) is 4.66. The zero-order chi connectivity index (χ0) is 18.4. The third kappa shape index (κ3) is 3.18. The summed E-state index contributed by atoms with van der Waals surface area (Å²) in [5.74, 6) is 3.24. The molecule has 27 heavy (non-hydrogen) atoms. The van der Waals surface area contributed by atoms with Crippen LogP contribution in [0.2, 0.25) is 0 Å². The average molecular weight is 385 g/mol. The summed E-state index contributed by atoms with van der Waals surface area (Å²) in [4.78, 5) is 30.8. The van der Waals surface area contributed by atoms with E-state index in [1.807, 2.05) is 22.7 Å². The van der Waals surface area contributed by atoms with E-state index in [4.69, 9.17) is 0 Å². The maximum Gasteiger partial charge on any atom is 0.246 e. The summed E-state index contributed by atoms with van der Waals surface area (Å²) >= 11 is 1.82. The molecular weight excluding hydrogens is 356 g/mol. The number of likely N-dealkylation sites (tertiary alicyclic amines) is 1. The predicted octanol–water partition coefficient (Wildman–Crippen LogP) is 3.48. The van der Waals surface area contributed by atoms with Crippen molar-refractivity contribution in [3.63, 3.8) is 0 Å². The molecule has 2 saturated heterocycles. The fourth-order valence-corrected chi connectivity index (χ4v) is 6.48. The first-order valence-corrected chi connectivity index (χ1v) is 11.6. The lowest BCUT2D eigenvalue weighted by Gasteiger charge is -2.34. The fraction of sp³-hybridized carbons (Fsp3) is 0.636. The monoisotopic (exact) mass is 384 g/mol. The zero-order valence-electron chi connectivity index (χ0n) is 15.8. The van der Waals surface area contributed by atoms with Crippen LogP contribution in [0.4, 0.5) is 0 Å². The minimum absolute atomic E-state index is 0.0799. The number of hydrogen-bond donors (Lipinski definition) is 0. The molecule has 4 fully saturated rings. The van der Waals surface area contributed by atoms with E-state index >= 15 is 0 Å². The maximum atomic E-state index is 13.5. The van der Waals surface area contributed by atoms with Gasteiger partial charge in [-0.1, -0.05) is 43.2 Å². The Morgan fingerprint density at radius 1 is 1.00 bits per heavy atom. The molecule has 2 aliphatic heterocycles. The first-order chi connectivity index (χ1) is 13.2. The number of benzene rings is 1. The molecule has 0 aromatic heterocycles. The van der Waals surface area contributed by atoms with Crippen LogP contribution >= 0.6 is 11.8 Å². The smallest absolute Gasteiger partial charge is 0.246 e. The topological polar surface area (TPSA) is 40.6 Å². The van der Waals surface area contributed by atoms with Crippen molar-refractivity contribution in [3.05, 3.63) is 35.9 Å². The minimum Gasteiger partial charge on any atom is -0.331 e. The third-order valence-corrected chi connectivity index (χ3v) is 7.99. The molecule has 1 aromatic rings. The third-order valence-electron chi connectivity index (χ3n) is 7.03. The van der Waals surface area contributed by atoms with E-state index in [2.05, 4.69) is 29.2 Å². The highest BCUT2D eigenvalue weighted by Crippen LogP contribution is 2.51. The van der Waals surface area contributed by atoms with Crippen LogP contribution in [0.3, 0.4) is 0 Å². The molecular formula is C22H28N2O2S. The van der Waals surface area contributed by atoms with Gasteiger partial charge in [0.2, 0.25) is 11.8 Å². The van der Waals surface area contributed by atoms with E-state index in [-0.39, 0.29) is 23.8 Å². The molecule has 0 N–H and O–H groups in total. The molecule has 2 aliphatic carbocycles. The first-order valence-electron chi connectivity index (χ1n) is 10.5. The van der Waals surface area contributed by atoms with E-state index in [1.54, 1.807) is 0 Å². The SMILES string of the molecule is O=C([C@@H]1C[C@@H]2CCCC[C@@H]2N1C(=O)[C@@H]1CC1c1ccccc1)N1CCSC1. The van der Waals surface area contributed by atoms with E-state index in [0.717, 1.165) is 37.4 Å². The van der Waals surface area contributed by atoms with Gasteiger partial charge in [-0.15, -0.1) is 11.8 Å². The van der Waals surface area contributed by atoms with Gasteiger partial charge in [0.1, 0.15) is 6.04 Å². The summed E-state index contributed by atoms with van der Waals surface area (Å²) in [6.45, 7) is 0.841. The molecule has 5 atom stereocenters. The van der Waals surface area contributed by atoms with Crippen molar-refractivity contribution in [2.75, 3.05) is 18.2 Å². The Labute approximate surface area is 165 Å². The highest BCUT2D eigenvalue weighted by Gasteiger charge is 2.54. The standard InChI is InChI=1S/C22H28N2O2S/c25-21(18-13-17(18)15-6-2-1-3-7-15)24-19-9-5-4-8-16(19)12-20(24)22(26)23-10-11-27-14-23/h1-3,6-7,16-20H,4-5,8-14H2/t16-,17?,18+,19-,20-/m0/s1. The van der Waals surface area contributed by atoms with Gasteiger partial charge in [-0.2, -0.15) is 0 Å². The minimum atomic E-state index is -0.207. The summed E-state index contributed by atoms with van der Waals surface area (Å²) in [6.07, 6.45) is 6.53. The fourth-order valence-electron chi connectivity index (χ4n) is 5.52. The van der Waals surface area contributed by atoms with E-state index in [9.17, 15) is 9.59 Å². The van der Waals surface area contributed by atoms with Crippen molar-refractivity contribution >= 4 is 23.6 Å². The zero-order valence-corrected chi connectivity index (χ0v) is 16.6. The van der Waals surface area contributed by atoms with Gasteiger partial charge in [-0.3, -0.25) is 9.59 Å². The van der Waals surface area contributed by atoms with Crippen LogP contribution in [0.15, 0.2) is 30.3 Å². The number of rotatable bonds is 3. The largest absolute Gasteiger partial charge is 0.331 e. The molecule has 2 saturated carbocycles. The van der Waals surface area contributed by atoms with Gasteiger partial charge in [0.15, 0.2) is 0 Å². The van der Waals surface area contributed by atoms with Gasteiger partial charge < -0.3 is 9.80 Å². The Balaban J connectivity index is 1.37. The Hall–Kier alpha value is -1.49. The number of carbonyl (C=O) groups excluding carboxylic acids is 2.